The van der Waals surface area contributed by atoms with Crippen molar-refractivity contribution in [2.24, 2.45) is 0 Å². The third-order valence-electron chi connectivity index (χ3n) is 4.62. The second-order valence-corrected chi connectivity index (χ2v) is 6.07. The Morgan fingerprint density at radius 1 is 1.18 bits per heavy atom. The van der Waals surface area contributed by atoms with Crippen molar-refractivity contribution in [1.82, 2.24) is 9.88 Å². The van der Waals surface area contributed by atoms with Crippen molar-refractivity contribution in [3.8, 4) is 0 Å². The Bertz CT molecular complexity index is 420. The number of pyridine rings is 1. The van der Waals surface area contributed by atoms with Gasteiger partial charge in [0.15, 0.2) is 0 Å². The van der Waals surface area contributed by atoms with Crippen LogP contribution in [0.4, 0.5) is 5.82 Å². The van der Waals surface area contributed by atoms with Gasteiger partial charge in [-0.05, 0) is 37.8 Å². The monoisotopic (exact) mass is 305 g/mol. The highest BCUT2D eigenvalue weighted by atomic mass is 16.5. The van der Waals surface area contributed by atoms with Gasteiger partial charge in [0.1, 0.15) is 5.82 Å². The topological polar surface area (TPSA) is 28.6 Å². The van der Waals surface area contributed by atoms with Crippen LogP contribution in [-0.4, -0.2) is 55.3 Å². The Kier molecular flexibility index (Phi) is 6.65. The molecule has 1 aromatic rings. The van der Waals surface area contributed by atoms with Crippen LogP contribution in [-0.2, 0) is 4.74 Å². The first-order valence-electron chi connectivity index (χ1n) is 8.70. The van der Waals surface area contributed by atoms with E-state index < -0.39 is 0 Å². The molecule has 22 heavy (non-hydrogen) atoms. The summed E-state index contributed by atoms with van der Waals surface area (Å²) in [5.41, 5.74) is 1.23. The van der Waals surface area contributed by atoms with Crippen LogP contribution in [0.1, 0.15) is 38.7 Å². The van der Waals surface area contributed by atoms with Crippen LogP contribution in [0.2, 0.25) is 0 Å². The molecule has 3 rings (SSSR count). The highest BCUT2D eigenvalue weighted by molar-refractivity contribution is 5.41. The minimum atomic E-state index is 0.703. The van der Waals surface area contributed by atoms with E-state index >= 15 is 0 Å². The van der Waals surface area contributed by atoms with Gasteiger partial charge in [-0.3, -0.25) is 4.90 Å². The average molecular weight is 305 g/mol. The summed E-state index contributed by atoms with van der Waals surface area (Å²) in [6.07, 6.45) is 5.79. The number of nitrogens with zero attached hydrogens (tertiary/aromatic N) is 3. The molecule has 2 saturated heterocycles. The Morgan fingerprint density at radius 3 is 2.41 bits per heavy atom. The summed E-state index contributed by atoms with van der Waals surface area (Å²) in [5, 5.41) is 0. The maximum atomic E-state index is 5.18. The molecule has 4 nitrogen and oxygen atoms in total. The summed E-state index contributed by atoms with van der Waals surface area (Å²) in [7, 11) is 1.79. The quantitative estimate of drug-likeness (QED) is 0.782. The van der Waals surface area contributed by atoms with E-state index in [0.717, 1.165) is 31.9 Å². The van der Waals surface area contributed by atoms with E-state index in [2.05, 4.69) is 33.8 Å². The molecule has 0 N–H and O–H groups in total. The number of rotatable bonds is 5. The lowest BCUT2D eigenvalue weighted by Gasteiger charge is -2.41. The largest absolute Gasteiger partial charge is 0.385 e. The molecule has 2 atom stereocenters. The number of aromatic nitrogens is 1. The highest BCUT2D eigenvalue weighted by Gasteiger charge is 2.39. The summed E-state index contributed by atoms with van der Waals surface area (Å²) in [5.74, 6) is 1.14. The number of fused-ring (bicyclic) bond motifs is 2. The van der Waals surface area contributed by atoms with Crippen LogP contribution >= 0.6 is 0 Å². The third kappa shape index (κ3) is 3.99. The van der Waals surface area contributed by atoms with Crippen molar-refractivity contribution in [3.63, 3.8) is 0 Å². The standard InChI is InChI=1S/C16H25N3O.C2H6/c1-13-4-7-16(17-10-13)18-11-14-5-6-15(12-18)19(14)8-3-9-20-2;1-2/h4,7,10,14-15H,3,5-6,8-9,11-12H2,1-2H3;1-2H3. The number of methoxy groups -OCH3 is 1. The van der Waals surface area contributed by atoms with Crippen LogP contribution in [0.3, 0.4) is 0 Å². The molecular weight excluding hydrogens is 274 g/mol. The lowest BCUT2D eigenvalue weighted by atomic mass is 10.1. The van der Waals surface area contributed by atoms with Gasteiger partial charge in [0, 0.05) is 51.6 Å². The molecule has 4 heteroatoms. The predicted molar refractivity (Wildman–Crippen MR) is 92.5 cm³/mol. The number of piperazine rings is 1. The lowest BCUT2D eigenvalue weighted by molar-refractivity contribution is 0.134. The maximum absolute atomic E-state index is 5.18. The van der Waals surface area contributed by atoms with E-state index in [0.29, 0.717) is 12.1 Å². The van der Waals surface area contributed by atoms with Gasteiger partial charge in [-0.1, -0.05) is 19.9 Å². The van der Waals surface area contributed by atoms with Gasteiger partial charge >= 0.3 is 0 Å². The molecule has 0 aromatic carbocycles. The minimum absolute atomic E-state index is 0.703. The van der Waals surface area contributed by atoms with Gasteiger partial charge in [0.05, 0.1) is 0 Å². The van der Waals surface area contributed by atoms with Crippen LogP contribution in [0.5, 0.6) is 0 Å². The van der Waals surface area contributed by atoms with E-state index in [4.69, 9.17) is 4.74 Å². The second kappa shape index (κ2) is 8.49. The number of ether oxygens (including phenoxy) is 1. The molecule has 2 aliphatic rings. The van der Waals surface area contributed by atoms with Crippen molar-refractivity contribution in [2.45, 2.75) is 52.1 Å². The number of hydrogen-bond donors (Lipinski definition) is 0. The predicted octanol–water partition coefficient (Wildman–Crippen LogP) is 3.11. The lowest BCUT2D eigenvalue weighted by Crippen LogP contribution is -2.54. The Balaban J connectivity index is 0.000000847. The van der Waals surface area contributed by atoms with E-state index in [1.807, 2.05) is 20.0 Å². The Labute approximate surface area is 135 Å². The molecule has 0 amide bonds. The fourth-order valence-electron chi connectivity index (χ4n) is 3.58. The first-order chi connectivity index (χ1) is 10.8. The molecule has 0 spiro atoms. The van der Waals surface area contributed by atoms with Gasteiger partial charge in [-0.2, -0.15) is 0 Å². The van der Waals surface area contributed by atoms with Crippen molar-refractivity contribution in [2.75, 3.05) is 38.3 Å². The number of anilines is 1. The van der Waals surface area contributed by atoms with E-state index in [1.165, 1.54) is 24.9 Å². The Hall–Kier alpha value is -1.13. The molecule has 2 aliphatic heterocycles. The number of aryl methyl sites for hydroxylation is 1. The van der Waals surface area contributed by atoms with Crippen LogP contribution < -0.4 is 4.90 Å². The van der Waals surface area contributed by atoms with Gasteiger partial charge in [-0.15, -0.1) is 0 Å². The van der Waals surface area contributed by atoms with Crippen molar-refractivity contribution in [3.05, 3.63) is 23.9 Å². The van der Waals surface area contributed by atoms with Crippen LogP contribution in [0.15, 0.2) is 18.3 Å². The zero-order valence-corrected chi connectivity index (χ0v) is 14.6. The molecule has 124 valence electrons. The van der Waals surface area contributed by atoms with E-state index in [9.17, 15) is 0 Å². The molecule has 0 saturated carbocycles. The molecule has 2 unspecified atom stereocenters. The number of hydrogen-bond acceptors (Lipinski definition) is 4. The minimum Gasteiger partial charge on any atom is -0.385 e. The molecule has 0 aliphatic carbocycles. The summed E-state index contributed by atoms with van der Waals surface area (Å²) in [4.78, 5) is 9.75. The normalized spacial score (nSPS) is 24.1. The SMILES string of the molecule is CC.COCCCN1C2CCC1CN(c1ccc(C)cn1)C2. The molecule has 2 fully saturated rings. The van der Waals surface area contributed by atoms with Gasteiger partial charge in [-0.25, -0.2) is 4.98 Å². The van der Waals surface area contributed by atoms with E-state index in [-0.39, 0.29) is 0 Å². The zero-order chi connectivity index (χ0) is 15.9. The van der Waals surface area contributed by atoms with Gasteiger partial charge < -0.3 is 9.64 Å². The average Bonchev–Trinajstić information content (AvgIpc) is 2.79. The summed E-state index contributed by atoms with van der Waals surface area (Å²) in [6.45, 7) is 10.4. The summed E-state index contributed by atoms with van der Waals surface area (Å²) >= 11 is 0. The van der Waals surface area contributed by atoms with Crippen molar-refractivity contribution >= 4 is 5.82 Å². The van der Waals surface area contributed by atoms with Gasteiger partial charge in [0.25, 0.3) is 0 Å². The first-order valence-corrected chi connectivity index (χ1v) is 8.70. The molecule has 1 aromatic heterocycles. The fraction of sp³-hybridized carbons (Fsp3) is 0.722. The summed E-state index contributed by atoms with van der Waals surface area (Å²) in [6, 6.07) is 5.73. The van der Waals surface area contributed by atoms with E-state index in [1.54, 1.807) is 7.11 Å². The molecular formula is C18H31N3O. The summed E-state index contributed by atoms with van der Waals surface area (Å²) < 4.78 is 5.18. The fourth-order valence-corrected chi connectivity index (χ4v) is 3.58. The molecule has 0 radical (unpaired) electrons. The van der Waals surface area contributed by atoms with Gasteiger partial charge in [0.2, 0.25) is 0 Å². The van der Waals surface area contributed by atoms with Crippen molar-refractivity contribution < 1.29 is 4.74 Å². The highest BCUT2D eigenvalue weighted by Crippen LogP contribution is 2.32. The third-order valence-corrected chi connectivity index (χ3v) is 4.62. The Morgan fingerprint density at radius 2 is 1.86 bits per heavy atom. The van der Waals surface area contributed by atoms with Crippen LogP contribution in [0.25, 0.3) is 0 Å². The first kappa shape index (κ1) is 17.2. The smallest absolute Gasteiger partial charge is 0.128 e. The zero-order valence-electron chi connectivity index (χ0n) is 14.6. The van der Waals surface area contributed by atoms with Crippen LogP contribution in [0, 0.1) is 6.92 Å². The van der Waals surface area contributed by atoms with Crippen molar-refractivity contribution in [1.29, 1.82) is 0 Å². The maximum Gasteiger partial charge on any atom is 0.128 e. The molecule has 2 bridgehead atoms. The molecule has 3 heterocycles. The second-order valence-electron chi connectivity index (χ2n) is 6.07.